The summed E-state index contributed by atoms with van der Waals surface area (Å²) in [4.78, 5) is 38.3. The zero-order valence-corrected chi connectivity index (χ0v) is 17.7. The lowest BCUT2D eigenvalue weighted by molar-refractivity contribution is -0.384. The van der Waals surface area contributed by atoms with Gasteiger partial charge in [-0.25, -0.2) is 0 Å². The number of non-ortho nitro benzene ring substituents is 1. The summed E-state index contributed by atoms with van der Waals surface area (Å²) in [5.41, 5.74) is 2.96. The highest BCUT2D eigenvalue weighted by Gasteiger charge is 2.40. The van der Waals surface area contributed by atoms with Gasteiger partial charge in [0.15, 0.2) is 6.10 Å². The first-order chi connectivity index (χ1) is 15.4. The van der Waals surface area contributed by atoms with Gasteiger partial charge in [-0.3, -0.25) is 19.7 Å². The van der Waals surface area contributed by atoms with Crippen molar-refractivity contribution in [2.24, 2.45) is 5.92 Å². The van der Waals surface area contributed by atoms with E-state index in [0.717, 1.165) is 37.1 Å². The molecule has 0 spiro atoms. The molecule has 3 aliphatic heterocycles. The number of hydrogen-bond acceptors (Lipinski definition) is 6. The number of anilines is 3. The van der Waals surface area contributed by atoms with Crippen LogP contribution in [0.4, 0.5) is 22.7 Å². The summed E-state index contributed by atoms with van der Waals surface area (Å²) >= 11 is 0. The number of rotatable bonds is 3. The van der Waals surface area contributed by atoms with Crippen LogP contribution in [0.15, 0.2) is 36.4 Å². The summed E-state index contributed by atoms with van der Waals surface area (Å²) in [6, 6.07) is 10.2. The first-order valence-electron chi connectivity index (χ1n) is 10.9. The van der Waals surface area contributed by atoms with Gasteiger partial charge in [0.05, 0.1) is 16.5 Å². The fourth-order valence-corrected chi connectivity index (χ4v) is 4.97. The Morgan fingerprint density at radius 2 is 2.09 bits per heavy atom. The van der Waals surface area contributed by atoms with Crippen molar-refractivity contribution in [1.29, 1.82) is 0 Å². The van der Waals surface area contributed by atoms with Gasteiger partial charge in [0.2, 0.25) is 5.91 Å². The molecule has 166 valence electrons. The number of nitro benzene ring substituents is 1. The Bertz CT molecular complexity index is 1120. The van der Waals surface area contributed by atoms with Gasteiger partial charge in [-0.15, -0.1) is 0 Å². The number of benzene rings is 2. The maximum atomic E-state index is 13.3. The Kier molecular flexibility index (Phi) is 4.96. The van der Waals surface area contributed by atoms with Crippen molar-refractivity contribution in [2.75, 3.05) is 22.1 Å². The highest BCUT2D eigenvalue weighted by Crippen LogP contribution is 2.40. The number of amides is 2. The van der Waals surface area contributed by atoms with E-state index in [4.69, 9.17) is 4.74 Å². The Balaban J connectivity index is 1.41. The molecule has 0 saturated carbocycles. The van der Waals surface area contributed by atoms with Gasteiger partial charge in [0, 0.05) is 36.1 Å². The van der Waals surface area contributed by atoms with Crippen LogP contribution in [0.5, 0.6) is 5.75 Å². The number of hydrogen-bond donors (Lipinski definition) is 2. The molecule has 9 nitrogen and oxygen atoms in total. The predicted octanol–water partition coefficient (Wildman–Crippen LogP) is 3.48. The SMILES string of the molecule is C[C@@H]1Oc2ccc(NC(=O)[C@@H]3Cc4cc([N+](=O)[O-])ccc4N4CCCC[C@H]34)cc2NC1=O. The smallest absolute Gasteiger partial charge is 0.269 e. The minimum absolute atomic E-state index is 0.0398. The van der Waals surface area contributed by atoms with E-state index in [2.05, 4.69) is 15.5 Å². The Morgan fingerprint density at radius 1 is 1.25 bits per heavy atom. The minimum Gasteiger partial charge on any atom is -0.479 e. The monoisotopic (exact) mass is 436 g/mol. The quantitative estimate of drug-likeness (QED) is 0.562. The average molecular weight is 436 g/mol. The van der Waals surface area contributed by atoms with E-state index in [1.165, 1.54) is 6.07 Å². The highest BCUT2D eigenvalue weighted by molar-refractivity contribution is 5.99. The molecule has 2 N–H and O–H groups in total. The lowest BCUT2D eigenvalue weighted by atomic mass is 9.80. The van der Waals surface area contributed by atoms with E-state index in [-0.39, 0.29) is 29.5 Å². The predicted molar refractivity (Wildman–Crippen MR) is 119 cm³/mol. The minimum atomic E-state index is -0.563. The van der Waals surface area contributed by atoms with E-state index in [1.807, 2.05) is 6.07 Å². The molecular formula is C23H24N4O5. The second-order valence-corrected chi connectivity index (χ2v) is 8.59. The summed E-state index contributed by atoms with van der Waals surface area (Å²) < 4.78 is 5.57. The van der Waals surface area contributed by atoms with Crippen molar-refractivity contribution in [1.82, 2.24) is 0 Å². The van der Waals surface area contributed by atoms with E-state index in [0.29, 0.717) is 23.5 Å². The number of nitrogens with zero attached hydrogens (tertiary/aromatic N) is 2. The zero-order valence-electron chi connectivity index (χ0n) is 17.7. The third kappa shape index (κ3) is 3.53. The first-order valence-corrected chi connectivity index (χ1v) is 10.9. The van der Waals surface area contributed by atoms with Crippen molar-refractivity contribution in [2.45, 2.75) is 44.8 Å². The van der Waals surface area contributed by atoms with E-state index < -0.39 is 11.0 Å². The topological polar surface area (TPSA) is 114 Å². The second kappa shape index (κ2) is 7.81. The van der Waals surface area contributed by atoms with Gasteiger partial charge < -0.3 is 20.3 Å². The molecule has 5 rings (SSSR count). The average Bonchev–Trinajstić information content (AvgIpc) is 2.79. The van der Waals surface area contributed by atoms with Crippen LogP contribution in [0.25, 0.3) is 0 Å². The highest BCUT2D eigenvalue weighted by atomic mass is 16.6. The molecule has 0 radical (unpaired) electrons. The molecule has 0 aliphatic carbocycles. The van der Waals surface area contributed by atoms with Crippen molar-refractivity contribution >= 4 is 34.6 Å². The summed E-state index contributed by atoms with van der Waals surface area (Å²) in [6.45, 7) is 2.51. The normalized spacial score (nSPS) is 23.7. The molecule has 3 atom stereocenters. The third-order valence-corrected chi connectivity index (χ3v) is 6.55. The molecule has 3 heterocycles. The standard InChI is InChI=1S/C23H24N4O5/c1-13-22(28)25-18-12-15(5-8-21(18)32-13)24-23(29)17-11-14-10-16(27(30)31)6-7-19(14)26-9-3-2-4-20(17)26/h5-8,10,12-13,17,20H,2-4,9,11H2,1H3,(H,24,29)(H,25,28)/t13-,17+,20+/m0/s1. The largest absolute Gasteiger partial charge is 0.479 e. The Morgan fingerprint density at radius 3 is 2.91 bits per heavy atom. The molecule has 32 heavy (non-hydrogen) atoms. The molecule has 0 bridgehead atoms. The van der Waals surface area contributed by atoms with Crippen LogP contribution < -0.4 is 20.3 Å². The molecule has 2 aromatic rings. The Hall–Kier alpha value is -3.62. The third-order valence-electron chi connectivity index (χ3n) is 6.55. The number of piperidine rings is 1. The van der Waals surface area contributed by atoms with Crippen LogP contribution in [0.1, 0.15) is 31.7 Å². The second-order valence-electron chi connectivity index (χ2n) is 8.59. The molecule has 0 unspecified atom stereocenters. The lowest BCUT2D eigenvalue weighted by Crippen LogP contribution is -2.52. The molecule has 1 saturated heterocycles. The fourth-order valence-electron chi connectivity index (χ4n) is 4.97. The van der Waals surface area contributed by atoms with Crippen LogP contribution >= 0.6 is 0 Å². The lowest BCUT2D eigenvalue weighted by Gasteiger charge is -2.45. The molecule has 3 aliphatic rings. The molecule has 0 aromatic heterocycles. The van der Waals surface area contributed by atoms with Crippen LogP contribution in [-0.4, -0.2) is 35.4 Å². The number of nitro groups is 1. The van der Waals surface area contributed by atoms with E-state index >= 15 is 0 Å². The zero-order chi connectivity index (χ0) is 22.4. The van der Waals surface area contributed by atoms with Crippen molar-refractivity contribution in [3.63, 3.8) is 0 Å². The molecular weight excluding hydrogens is 412 g/mol. The fraction of sp³-hybridized carbons (Fsp3) is 0.391. The van der Waals surface area contributed by atoms with Crippen LogP contribution in [0.2, 0.25) is 0 Å². The molecule has 9 heteroatoms. The maximum absolute atomic E-state index is 13.3. The van der Waals surface area contributed by atoms with Gasteiger partial charge in [-0.05, 0) is 62.4 Å². The van der Waals surface area contributed by atoms with Crippen LogP contribution in [0, 0.1) is 16.0 Å². The van der Waals surface area contributed by atoms with Gasteiger partial charge in [-0.1, -0.05) is 0 Å². The summed E-state index contributed by atoms with van der Waals surface area (Å²) in [6.07, 6.45) is 2.87. The number of nitrogens with one attached hydrogen (secondary N) is 2. The molecule has 2 amide bonds. The van der Waals surface area contributed by atoms with E-state index in [1.54, 1.807) is 31.2 Å². The van der Waals surface area contributed by atoms with Crippen molar-refractivity contribution < 1.29 is 19.2 Å². The summed E-state index contributed by atoms with van der Waals surface area (Å²) in [5.74, 6) is -0.126. The Labute approximate surface area is 184 Å². The maximum Gasteiger partial charge on any atom is 0.269 e. The van der Waals surface area contributed by atoms with Crippen LogP contribution in [-0.2, 0) is 16.0 Å². The van der Waals surface area contributed by atoms with Crippen molar-refractivity contribution in [3.8, 4) is 5.75 Å². The van der Waals surface area contributed by atoms with Gasteiger partial charge in [0.25, 0.3) is 11.6 Å². The summed E-state index contributed by atoms with van der Waals surface area (Å²) in [5, 5.41) is 17.0. The van der Waals surface area contributed by atoms with Gasteiger partial charge in [0.1, 0.15) is 5.75 Å². The van der Waals surface area contributed by atoms with Crippen LogP contribution in [0.3, 0.4) is 0 Å². The number of carbonyl (C=O) groups excluding carboxylic acids is 2. The molecule has 2 aromatic carbocycles. The number of ether oxygens (including phenoxy) is 1. The number of carbonyl (C=O) groups is 2. The summed E-state index contributed by atoms with van der Waals surface area (Å²) in [7, 11) is 0. The molecule has 1 fully saturated rings. The van der Waals surface area contributed by atoms with E-state index in [9.17, 15) is 19.7 Å². The first kappa shape index (κ1) is 20.3. The van der Waals surface area contributed by atoms with Gasteiger partial charge in [-0.2, -0.15) is 0 Å². The number of fused-ring (bicyclic) bond motifs is 4. The van der Waals surface area contributed by atoms with Gasteiger partial charge >= 0.3 is 0 Å². The van der Waals surface area contributed by atoms with Crippen molar-refractivity contribution in [3.05, 3.63) is 52.1 Å².